The van der Waals surface area contributed by atoms with Crippen LogP contribution in [0.25, 0.3) is 5.78 Å². The van der Waals surface area contributed by atoms with Crippen LogP contribution in [-0.2, 0) is 16.0 Å². The Balaban J connectivity index is 1.66. The van der Waals surface area contributed by atoms with Gasteiger partial charge in [0.1, 0.15) is 0 Å². The molecule has 3 rings (SSSR count). The molecular weight excluding hydrogens is 414 g/mol. The fourth-order valence-electron chi connectivity index (χ4n) is 3.06. The Morgan fingerprint density at radius 3 is 2.60 bits per heavy atom. The number of aryl methyl sites for hydroxylation is 2. The van der Waals surface area contributed by atoms with Crippen LogP contribution in [0.5, 0.6) is 0 Å². The van der Waals surface area contributed by atoms with Gasteiger partial charge >= 0.3 is 5.97 Å². The van der Waals surface area contributed by atoms with Crippen molar-refractivity contribution in [3.8, 4) is 0 Å². The van der Waals surface area contributed by atoms with Crippen molar-refractivity contribution in [3.05, 3.63) is 52.3 Å². The highest BCUT2D eigenvalue weighted by atomic mass is 32.2. The van der Waals surface area contributed by atoms with Gasteiger partial charge in [0.15, 0.2) is 17.7 Å². The first-order valence-electron chi connectivity index (χ1n) is 9.16. The van der Waals surface area contributed by atoms with Crippen LogP contribution in [0.2, 0.25) is 0 Å². The van der Waals surface area contributed by atoms with E-state index < -0.39 is 29.5 Å². The monoisotopic (exact) mass is 434 g/mol. The normalized spacial score (nSPS) is 12.2. The zero-order chi connectivity index (χ0) is 22.0. The van der Waals surface area contributed by atoms with Crippen LogP contribution in [0.1, 0.15) is 40.7 Å². The number of fused-ring (bicyclic) bond motifs is 1. The minimum Gasteiger partial charge on any atom is -0.454 e. The number of esters is 1. The number of halogens is 2. The average molecular weight is 434 g/mol. The van der Waals surface area contributed by atoms with E-state index in [4.69, 9.17) is 4.74 Å². The minimum atomic E-state index is -1.13. The molecular formula is C20H20F2N4O3S. The molecule has 2 aromatic heterocycles. The molecule has 1 aromatic carbocycles. The number of rotatable bonds is 7. The first-order chi connectivity index (χ1) is 14.2. The van der Waals surface area contributed by atoms with E-state index >= 15 is 0 Å². The van der Waals surface area contributed by atoms with E-state index in [1.807, 2.05) is 20.1 Å². The second-order valence-corrected chi connectivity index (χ2v) is 7.47. The molecule has 10 heteroatoms. The smallest absolute Gasteiger partial charge is 0.306 e. The number of benzene rings is 1. The first kappa shape index (κ1) is 21.8. The summed E-state index contributed by atoms with van der Waals surface area (Å²) in [4.78, 5) is 33.3. The number of carbonyl (C=O) groups is 2. The van der Waals surface area contributed by atoms with E-state index in [-0.39, 0.29) is 12.0 Å². The predicted octanol–water partition coefficient (Wildman–Crippen LogP) is 3.49. The number of hydrogen-bond donors (Lipinski definition) is 0. The fourth-order valence-corrected chi connectivity index (χ4v) is 3.40. The van der Waals surface area contributed by atoms with E-state index in [0.717, 1.165) is 35.2 Å². The van der Waals surface area contributed by atoms with Crippen LogP contribution >= 0.6 is 11.8 Å². The van der Waals surface area contributed by atoms with Crippen molar-refractivity contribution in [1.29, 1.82) is 0 Å². The Morgan fingerprint density at radius 2 is 1.93 bits per heavy atom. The molecule has 0 saturated heterocycles. The number of ether oxygens (including phenoxy) is 1. The molecule has 2 heterocycles. The topological polar surface area (TPSA) is 86.5 Å². The molecule has 1 unspecified atom stereocenters. The Kier molecular flexibility index (Phi) is 6.45. The minimum absolute atomic E-state index is 0.0222. The number of nitrogens with zero attached hydrogens (tertiary/aromatic N) is 4. The standard InChI is InChI=1S/C20H20F2N4O3S/c1-10-14(11(2)26-19(23-10)24-20(25-26)30-4)6-8-17(27)29-12(3)18(28)13-5-7-15(21)16(22)9-13/h5,7,9,12H,6,8H2,1-4H3. The summed E-state index contributed by atoms with van der Waals surface area (Å²) in [6, 6.07) is 2.80. The van der Waals surface area contributed by atoms with Gasteiger partial charge in [0.05, 0.1) is 0 Å². The quantitative estimate of drug-likeness (QED) is 0.320. The third kappa shape index (κ3) is 4.48. The van der Waals surface area contributed by atoms with Crippen LogP contribution in [0.4, 0.5) is 8.78 Å². The fraction of sp³-hybridized carbons (Fsp3) is 0.350. The van der Waals surface area contributed by atoms with Crippen LogP contribution in [0, 0.1) is 25.5 Å². The van der Waals surface area contributed by atoms with E-state index in [2.05, 4.69) is 15.1 Å². The van der Waals surface area contributed by atoms with E-state index in [9.17, 15) is 18.4 Å². The molecule has 3 aromatic rings. The summed E-state index contributed by atoms with van der Waals surface area (Å²) in [5, 5.41) is 4.97. The lowest BCUT2D eigenvalue weighted by Gasteiger charge is -2.14. The highest BCUT2D eigenvalue weighted by Crippen LogP contribution is 2.19. The van der Waals surface area contributed by atoms with Crippen LogP contribution in [0.3, 0.4) is 0 Å². The summed E-state index contributed by atoms with van der Waals surface area (Å²) in [7, 11) is 0. The van der Waals surface area contributed by atoms with Crippen molar-refractivity contribution >= 4 is 29.3 Å². The van der Waals surface area contributed by atoms with Gasteiger partial charge in [-0.25, -0.2) is 18.3 Å². The lowest BCUT2D eigenvalue weighted by Crippen LogP contribution is -2.25. The number of thioether (sulfide) groups is 1. The van der Waals surface area contributed by atoms with Crippen LogP contribution in [-0.4, -0.2) is 43.7 Å². The highest BCUT2D eigenvalue weighted by molar-refractivity contribution is 7.98. The summed E-state index contributed by atoms with van der Waals surface area (Å²) in [5.74, 6) is -2.88. The Morgan fingerprint density at radius 1 is 1.20 bits per heavy atom. The van der Waals surface area contributed by atoms with Crippen LogP contribution < -0.4 is 0 Å². The lowest BCUT2D eigenvalue weighted by molar-refractivity contribution is -0.146. The van der Waals surface area contributed by atoms with Crippen molar-refractivity contribution in [3.63, 3.8) is 0 Å². The van der Waals surface area contributed by atoms with Gasteiger partial charge in [-0.1, -0.05) is 11.8 Å². The molecule has 0 saturated carbocycles. The summed E-state index contributed by atoms with van der Waals surface area (Å²) < 4.78 is 33.2. The maximum atomic E-state index is 13.3. The Hall–Kier alpha value is -2.88. The molecule has 158 valence electrons. The Labute approximate surface area is 175 Å². The van der Waals surface area contributed by atoms with Gasteiger partial charge in [-0.15, -0.1) is 5.10 Å². The number of ketones is 1. The SMILES string of the molecule is CSc1nc2nc(C)c(CCC(=O)OC(C)C(=O)c3ccc(F)c(F)c3)c(C)n2n1. The van der Waals surface area contributed by atoms with Gasteiger partial charge < -0.3 is 4.74 Å². The number of Topliss-reactive ketones (excluding diaryl/α,β-unsaturated/α-hetero) is 1. The molecule has 0 amide bonds. The third-order valence-corrected chi connectivity index (χ3v) is 5.21. The zero-order valence-corrected chi connectivity index (χ0v) is 17.7. The van der Waals surface area contributed by atoms with Gasteiger partial charge in [-0.3, -0.25) is 9.59 Å². The molecule has 0 fully saturated rings. The van der Waals surface area contributed by atoms with Gasteiger partial charge in [-0.05, 0) is 57.2 Å². The van der Waals surface area contributed by atoms with Crippen molar-refractivity contribution in [2.24, 2.45) is 0 Å². The maximum absolute atomic E-state index is 13.3. The lowest BCUT2D eigenvalue weighted by atomic mass is 10.1. The molecule has 0 spiro atoms. The van der Waals surface area contributed by atoms with Gasteiger partial charge in [-0.2, -0.15) is 4.98 Å². The van der Waals surface area contributed by atoms with Gasteiger partial charge in [0.2, 0.25) is 10.9 Å². The van der Waals surface area contributed by atoms with Crippen molar-refractivity contribution in [2.75, 3.05) is 6.26 Å². The number of hydrogen-bond acceptors (Lipinski definition) is 7. The molecule has 0 aliphatic heterocycles. The first-order valence-corrected chi connectivity index (χ1v) is 10.4. The average Bonchev–Trinajstić information content (AvgIpc) is 3.12. The van der Waals surface area contributed by atoms with Crippen molar-refractivity contribution in [1.82, 2.24) is 19.6 Å². The van der Waals surface area contributed by atoms with Gasteiger partial charge in [0, 0.05) is 23.4 Å². The van der Waals surface area contributed by atoms with Gasteiger partial charge in [0.25, 0.3) is 5.78 Å². The second kappa shape index (κ2) is 8.86. The summed E-state index contributed by atoms with van der Waals surface area (Å²) in [6.07, 6.45) is 1.12. The molecule has 30 heavy (non-hydrogen) atoms. The van der Waals surface area contributed by atoms with Crippen molar-refractivity contribution in [2.45, 2.75) is 44.9 Å². The number of aromatic nitrogens is 4. The molecule has 1 atom stereocenters. The van der Waals surface area contributed by atoms with Crippen LogP contribution in [0.15, 0.2) is 23.4 Å². The number of carbonyl (C=O) groups excluding carboxylic acids is 2. The molecule has 0 aliphatic rings. The predicted molar refractivity (Wildman–Crippen MR) is 107 cm³/mol. The largest absolute Gasteiger partial charge is 0.454 e. The van der Waals surface area contributed by atoms with E-state index in [1.54, 1.807) is 4.52 Å². The summed E-state index contributed by atoms with van der Waals surface area (Å²) in [5.41, 5.74) is 2.34. The molecule has 0 N–H and O–H groups in total. The molecule has 0 bridgehead atoms. The maximum Gasteiger partial charge on any atom is 0.306 e. The zero-order valence-electron chi connectivity index (χ0n) is 16.9. The summed E-state index contributed by atoms with van der Waals surface area (Å²) >= 11 is 1.41. The molecule has 0 radical (unpaired) electrons. The Bertz CT molecular complexity index is 1130. The summed E-state index contributed by atoms with van der Waals surface area (Å²) in [6.45, 7) is 5.09. The van der Waals surface area contributed by atoms with Crippen molar-refractivity contribution < 1.29 is 23.1 Å². The molecule has 7 nitrogen and oxygen atoms in total. The third-order valence-electron chi connectivity index (χ3n) is 4.67. The van der Waals surface area contributed by atoms with E-state index in [1.165, 1.54) is 18.7 Å². The van der Waals surface area contributed by atoms with E-state index in [0.29, 0.717) is 17.4 Å². The highest BCUT2D eigenvalue weighted by Gasteiger charge is 2.21. The second-order valence-electron chi connectivity index (χ2n) is 6.70. The molecule has 0 aliphatic carbocycles.